The third-order valence-corrected chi connectivity index (χ3v) is 2.76. The van der Waals surface area contributed by atoms with E-state index in [1.54, 1.807) is 18.2 Å². The van der Waals surface area contributed by atoms with Crippen molar-refractivity contribution < 1.29 is 19.1 Å². The second kappa shape index (κ2) is 5.01. The first-order chi connectivity index (χ1) is 9.04. The summed E-state index contributed by atoms with van der Waals surface area (Å²) in [5.41, 5.74) is 0.331. The number of methoxy groups -OCH3 is 1. The van der Waals surface area contributed by atoms with Gasteiger partial charge in [0.15, 0.2) is 0 Å². The number of ketones is 1. The Kier molecular flexibility index (Phi) is 3.41. The molecule has 6 nitrogen and oxygen atoms in total. The van der Waals surface area contributed by atoms with E-state index >= 15 is 0 Å². The van der Waals surface area contributed by atoms with Crippen LogP contribution in [0.15, 0.2) is 29.3 Å². The zero-order chi connectivity index (χ0) is 14.0. The third-order valence-electron chi connectivity index (χ3n) is 2.76. The number of imide groups is 1. The van der Waals surface area contributed by atoms with Gasteiger partial charge in [0, 0.05) is 12.3 Å². The van der Waals surface area contributed by atoms with Crippen LogP contribution in [-0.2, 0) is 9.59 Å². The van der Waals surface area contributed by atoms with E-state index < -0.39 is 17.9 Å². The molecular formula is C13H12N2O4. The predicted octanol–water partition coefficient (Wildman–Crippen LogP) is 1.44. The van der Waals surface area contributed by atoms with E-state index in [1.165, 1.54) is 20.1 Å². The van der Waals surface area contributed by atoms with Crippen LogP contribution in [-0.4, -0.2) is 31.0 Å². The first kappa shape index (κ1) is 12.9. The number of hydrogen-bond donors (Lipinski definition) is 0. The summed E-state index contributed by atoms with van der Waals surface area (Å²) in [6.45, 7) is 1.29. The lowest BCUT2D eigenvalue weighted by Gasteiger charge is -2.24. The molecule has 0 aromatic heterocycles. The molecule has 19 heavy (non-hydrogen) atoms. The average Bonchev–Trinajstić information content (AvgIpc) is 2.38. The van der Waals surface area contributed by atoms with Crippen LogP contribution in [0.1, 0.15) is 6.92 Å². The SMILES string of the molecule is COc1cccc(N2C(=O)N=CC(C(C)=O)C2=O)c1. The number of hydrogen-bond acceptors (Lipinski definition) is 4. The van der Waals surface area contributed by atoms with Crippen LogP contribution in [0.5, 0.6) is 5.75 Å². The fourth-order valence-corrected chi connectivity index (χ4v) is 1.76. The molecule has 6 heteroatoms. The Balaban J connectivity index is 2.42. The van der Waals surface area contributed by atoms with Crippen LogP contribution in [0.2, 0.25) is 0 Å². The number of carbonyl (C=O) groups is 3. The zero-order valence-corrected chi connectivity index (χ0v) is 10.5. The van der Waals surface area contributed by atoms with Gasteiger partial charge in [-0.15, -0.1) is 0 Å². The van der Waals surface area contributed by atoms with Gasteiger partial charge in [0.05, 0.1) is 12.8 Å². The van der Waals surface area contributed by atoms with Crippen LogP contribution < -0.4 is 9.64 Å². The maximum atomic E-state index is 12.1. The molecule has 0 radical (unpaired) electrons. The highest BCUT2D eigenvalue weighted by Crippen LogP contribution is 2.24. The van der Waals surface area contributed by atoms with E-state index in [2.05, 4.69) is 4.99 Å². The van der Waals surface area contributed by atoms with Crippen molar-refractivity contribution in [3.63, 3.8) is 0 Å². The van der Waals surface area contributed by atoms with Crippen molar-refractivity contribution in [3.8, 4) is 5.75 Å². The lowest BCUT2D eigenvalue weighted by molar-refractivity contribution is -0.128. The summed E-state index contributed by atoms with van der Waals surface area (Å²) in [6.07, 6.45) is 1.09. The summed E-state index contributed by atoms with van der Waals surface area (Å²) < 4.78 is 5.04. The predicted molar refractivity (Wildman–Crippen MR) is 68.5 cm³/mol. The smallest absolute Gasteiger partial charge is 0.354 e. The minimum Gasteiger partial charge on any atom is -0.497 e. The fraction of sp³-hybridized carbons (Fsp3) is 0.231. The number of rotatable bonds is 3. The molecule has 0 fully saturated rings. The van der Waals surface area contributed by atoms with Crippen molar-refractivity contribution in [1.82, 2.24) is 0 Å². The molecule has 1 unspecified atom stereocenters. The Morgan fingerprint density at radius 1 is 1.37 bits per heavy atom. The standard InChI is InChI=1S/C13H12N2O4/c1-8(16)11-7-14-13(18)15(12(11)17)9-4-3-5-10(6-9)19-2/h3-7,11H,1-2H3. The minimum absolute atomic E-state index is 0.331. The second-order valence-electron chi connectivity index (χ2n) is 4.02. The van der Waals surface area contributed by atoms with Crippen molar-refractivity contribution in [3.05, 3.63) is 24.3 Å². The van der Waals surface area contributed by atoms with Crippen molar-refractivity contribution in [2.45, 2.75) is 6.92 Å². The molecule has 1 heterocycles. The third kappa shape index (κ3) is 2.37. The molecule has 1 aliphatic heterocycles. The molecule has 0 saturated carbocycles. The number of Topliss-reactive ketones (excluding diaryl/α,β-unsaturated/α-hetero) is 1. The Hall–Kier alpha value is -2.50. The highest BCUT2D eigenvalue weighted by atomic mass is 16.5. The highest BCUT2D eigenvalue weighted by molar-refractivity contribution is 6.30. The van der Waals surface area contributed by atoms with Gasteiger partial charge < -0.3 is 4.74 Å². The van der Waals surface area contributed by atoms with Crippen molar-refractivity contribution in [1.29, 1.82) is 0 Å². The number of urea groups is 1. The minimum atomic E-state index is -1.01. The molecule has 0 spiro atoms. The van der Waals surface area contributed by atoms with Crippen LogP contribution in [0.4, 0.5) is 10.5 Å². The Morgan fingerprint density at radius 3 is 2.74 bits per heavy atom. The topological polar surface area (TPSA) is 76.0 Å². The number of benzene rings is 1. The Labute approximate surface area is 109 Å². The zero-order valence-electron chi connectivity index (χ0n) is 10.5. The number of ether oxygens (including phenoxy) is 1. The van der Waals surface area contributed by atoms with E-state index in [0.717, 1.165) is 11.1 Å². The molecule has 98 valence electrons. The van der Waals surface area contributed by atoms with E-state index in [-0.39, 0.29) is 5.78 Å². The van der Waals surface area contributed by atoms with Crippen molar-refractivity contribution in [2.75, 3.05) is 12.0 Å². The Bertz CT molecular complexity index is 580. The second-order valence-corrected chi connectivity index (χ2v) is 4.02. The van der Waals surface area contributed by atoms with Crippen LogP contribution in [0, 0.1) is 5.92 Å². The summed E-state index contributed by atoms with van der Waals surface area (Å²) in [5.74, 6) is -1.45. The molecule has 1 aromatic carbocycles. The van der Waals surface area contributed by atoms with Gasteiger partial charge in [0.2, 0.25) is 0 Å². The van der Waals surface area contributed by atoms with E-state index in [1.807, 2.05) is 0 Å². The normalized spacial score (nSPS) is 18.6. The lowest BCUT2D eigenvalue weighted by atomic mass is 10.0. The van der Waals surface area contributed by atoms with Crippen molar-refractivity contribution >= 4 is 29.6 Å². The highest BCUT2D eigenvalue weighted by Gasteiger charge is 2.35. The molecule has 0 bridgehead atoms. The first-order valence-corrected chi connectivity index (χ1v) is 5.61. The van der Waals surface area contributed by atoms with Crippen LogP contribution >= 0.6 is 0 Å². The molecule has 1 aliphatic rings. The number of carbonyl (C=O) groups excluding carboxylic acids is 3. The van der Waals surface area contributed by atoms with Gasteiger partial charge in [-0.05, 0) is 19.1 Å². The van der Waals surface area contributed by atoms with E-state index in [0.29, 0.717) is 11.4 Å². The summed E-state index contributed by atoms with van der Waals surface area (Å²) >= 11 is 0. The summed E-state index contributed by atoms with van der Waals surface area (Å²) in [6, 6.07) is 5.74. The molecule has 0 N–H and O–H groups in total. The average molecular weight is 260 g/mol. The van der Waals surface area contributed by atoms with E-state index in [9.17, 15) is 14.4 Å². The molecule has 0 saturated heterocycles. The number of anilines is 1. The van der Waals surface area contributed by atoms with Gasteiger partial charge in [-0.1, -0.05) is 6.07 Å². The van der Waals surface area contributed by atoms with Gasteiger partial charge >= 0.3 is 6.03 Å². The summed E-state index contributed by atoms with van der Waals surface area (Å²) in [7, 11) is 1.48. The lowest BCUT2D eigenvalue weighted by Crippen LogP contribution is -2.45. The quantitative estimate of drug-likeness (QED) is 0.770. The van der Waals surface area contributed by atoms with Crippen LogP contribution in [0.25, 0.3) is 0 Å². The van der Waals surface area contributed by atoms with Gasteiger partial charge in [0.1, 0.15) is 17.5 Å². The molecule has 3 amide bonds. The van der Waals surface area contributed by atoms with Crippen LogP contribution in [0.3, 0.4) is 0 Å². The van der Waals surface area contributed by atoms with Gasteiger partial charge in [-0.3, -0.25) is 9.59 Å². The first-order valence-electron chi connectivity index (χ1n) is 5.61. The van der Waals surface area contributed by atoms with Gasteiger partial charge in [-0.2, -0.15) is 0 Å². The maximum Gasteiger partial charge on any atom is 0.354 e. The van der Waals surface area contributed by atoms with Gasteiger partial charge in [0.25, 0.3) is 5.91 Å². The number of nitrogens with zero attached hydrogens (tertiary/aromatic N) is 2. The van der Waals surface area contributed by atoms with Crippen molar-refractivity contribution in [2.24, 2.45) is 10.9 Å². The summed E-state index contributed by atoms with van der Waals surface area (Å²) in [5, 5.41) is 0. The molecule has 2 rings (SSSR count). The Morgan fingerprint density at radius 2 is 2.11 bits per heavy atom. The number of aliphatic imine (C=N–C) groups is 1. The van der Waals surface area contributed by atoms with E-state index in [4.69, 9.17) is 4.74 Å². The van der Waals surface area contributed by atoms with Gasteiger partial charge in [-0.25, -0.2) is 14.7 Å². The molecule has 1 aromatic rings. The summed E-state index contributed by atoms with van der Waals surface area (Å²) in [4.78, 5) is 39.7. The molecule has 0 aliphatic carbocycles. The largest absolute Gasteiger partial charge is 0.497 e. The fourth-order valence-electron chi connectivity index (χ4n) is 1.76. The monoisotopic (exact) mass is 260 g/mol. The number of amides is 3. The maximum absolute atomic E-state index is 12.1. The molecular weight excluding hydrogens is 248 g/mol. The molecule has 1 atom stereocenters.